The van der Waals surface area contributed by atoms with E-state index >= 15 is 0 Å². The van der Waals surface area contributed by atoms with Gasteiger partial charge in [-0.2, -0.15) is 0 Å². The van der Waals surface area contributed by atoms with E-state index in [1.165, 1.54) is 11.8 Å². The summed E-state index contributed by atoms with van der Waals surface area (Å²) in [6.45, 7) is 3.46. The van der Waals surface area contributed by atoms with Crippen molar-refractivity contribution < 1.29 is 9.59 Å². The third kappa shape index (κ3) is 6.67. The van der Waals surface area contributed by atoms with E-state index in [2.05, 4.69) is 54.0 Å². The van der Waals surface area contributed by atoms with Crippen molar-refractivity contribution in [3.05, 3.63) is 114 Å². The molecule has 1 N–H and O–H groups in total. The molecule has 216 valence electrons. The van der Waals surface area contributed by atoms with Gasteiger partial charge in [0.05, 0.1) is 35.2 Å². The number of imidazole rings is 1. The van der Waals surface area contributed by atoms with Gasteiger partial charge in [0.1, 0.15) is 12.0 Å². The van der Waals surface area contributed by atoms with Gasteiger partial charge in [-0.15, -0.1) is 11.3 Å². The Bertz CT molecular complexity index is 1870. The molecule has 6 aromatic rings. The fourth-order valence-electron chi connectivity index (χ4n) is 4.99. The van der Waals surface area contributed by atoms with Crippen LogP contribution in [0.5, 0.6) is 0 Å². The molecule has 6 rings (SSSR count). The lowest BCUT2D eigenvalue weighted by molar-refractivity contribution is -0.109. The molecular weight excluding hydrogens is 558 g/mol. The number of carbonyl (C=O) groups excluding carboxylic acids is 2. The molecule has 0 aliphatic rings. The highest BCUT2D eigenvalue weighted by Crippen LogP contribution is 2.30. The number of anilines is 1. The highest BCUT2D eigenvalue weighted by molar-refractivity contribution is 7.15. The number of nitrogens with zero attached hydrogens (tertiary/aromatic N) is 6. The molecule has 0 radical (unpaired) electrons. The molecule has 10 heteroatoms. The summed E-state index contributed by atoms with van der Waals surface area (Å²) in [4.78, 5) is 43.4. The number of fused-ring (bicyclic) bond motifs is 2. The summed E-state index contributed by atoms with van der Waals surface area (Å²) in [6, 6.07) is 25.3. The van der Waals surface area contributed by atoms with Crippen LogP contribution in [0.1, 0.15) is 21.7 Å². The smallest absolute Gasteiger partial charge is 0.275 e. The Labute approximate surface area is 253 Å². The first-order valence-electron chi connectivity index (χ1n) is 14.0. The molecule has 9 nitrogen and oxygen atoms in total. The first-order valence-corrected chi connectivity index (χ1v) is 14.9. The number of hydrogen-bond donors (Lipinski definition) is 1. The molecule has 3 aromatic heterocycles. The predicted octanol–water partition coefficient (Wildman–Crippen LogP) is 5.39. The lowest BCUT2D eigenvalue weighted by Gasteiger charge is -2.23. The maximum Gasteiger partial charge on any atom is 0.275 e. The average Bonchev–Trinajstić information content (AvgIpc) is 3.62. The fraction of sp³-hybridized carbons (Fsp3) is 0.182. The minimum atomic E-state index is -0.329. The zero-order valence-corrected chi connectivity index (χ0v) is 24.6. The normalized spacial score (nSPS) is 11.5. The van der Waals surface area contributed by atoms with E-state index < -0.39 is 0 Å². The van der Waals surface area contributed by atoms with Crippen LogP contribution in [0.4, 0.5) is 5.69 Å². The summed E-state index contributed by atoms with van der Waals surface area (Å²) < 4.78 is 2.11. The number of nitrogens with one attached hydrogen (secondary N) is 1. The predicted molar refractivity (Wildman–Crippen MR) is 170 cm³/mol. The van der Waals surface area contributed by atoms with Crippen LogP contribution >= 0.6 is 11.3 Å². The van der Waals surface area contributed by atoms with Gasteiger partial charge in [-0.1, -0.05) is 60.7 Å². The van der Waals surface area contributed by atoms with Crippen LogP contribution in [-0.2, 0) is 17.9 Å². The molecule has 0 unspecified atom stereocenters. The Morgan fingerprint density at radius 2 is 1.70 bits per heavy atom. The molecule has 0 atom stereocenters. The standard InChI is InChI=1S/C33H31N7O2S/c1-38(15-16-39(17-18-41)20-24-9-3-2-4-10-24)21-25-23-43-33-37-31(22-40(25)33)26-11-5-6-12-27(26)36-32(42)30-19-34-28-13-7-8-14-29(28)35-30/h2-14,18-19,22-23H,15-17,20-21H2,1H3,(H,36,42). The molecule has 3 aromatic carbocycles. The number of carbonyl (C=O) groups is 2. The number of amides is 1. The fourth-order valence-corrected chi connectivity index (χ4v) is 5.86. The van der Waals surface area contributed by atoms with Gasteiger partial charge in [0.25, 0.3) is 5.91 Å². The Balaban J connectivity index is 1.14. The second kappa shape index (κ2) is 13.0. The number of rotatable bonds is 12. The van der Waals surface area contributed by atoms with Crippen molar-refractivity contribution in [2.75, 3.05) is 32.0 Å². The van der Waals surface area contributed by atoms with Crippen LogP contribution in [-0.4, -0.2) is 68.0 Å². The van der Waals surface area contributed by atoms with Crippen molar-refractivity contribution in [2.24, 2.45) is 0 Å². The molecule has 0 bridgehead atoms. The summed E-state index contributed by atoms with van der Waals surface area (Å²) >= 11 is 1.59. The number of benzene rings is 3. The quantitative estimate of drug-likeness (QED) is 0.191. The minimum Gasteiger partial charge on any atom is -0.320 e. The molecule has 0 saturated heterocycles. The van der Waals surface area contributed by atoms with Crippen LogP contribution in [0.15, 0.2) is 96.6 Å². The molecular formula is C33H31N7O2S. The van der Waals surface area contributed by atoms with Crippen LogP contribution in [0.25, 0.3) is 27.3 Å². The number of likely N-dealkylation sites (N-methyl/N-ethyl adjacent to an activating group) is 1. The van der Waals surface area contributed by atoms with Gasteiger partial charge >= 0.3 is 0 Å². The molecule has 3 heterocycles. The summed E-state index contributed by atoms with van der Waals surface area (Å²) in [5.41, 5.74) is 6.23. The van der Waals surface area contributed by atoms with Crippen LogP contribution in [0.3, 0.4) is 0 Å². The van der Waals surface area contributed by atoms with Crippen molar-refractivity contribution in [3.63, 3.8) is 0 Å². The number of hydrogen-bond acceptors (Lipinski definition) is 8. The highest BCUT2D eigenvalue weighted by Gasteiger charge is 2.17. The minimum absolute atomic E-state index is 0.250. The molecule has 0 aliphatic heterocycles. The molecule has 43 heavy (non-hydrogen) atoms. The van der Waals surface area contributed by atoms with E-state index in [0.29, 0.717) is 17.7 Å². The van der Waals surface area contributed by atoms with Gasteiger partial charge < -0.3 is 10.1 Å². The Hall–Kier alpha value is -4.77. The van der Waals surface area contributed by atoms with Gasteiger partial charge in [0, 0.05) is 49.0 Å². The Kier molecular flexibility index (Phi) is 8.60. The molecule has 0 aliphatic carbocycles. The Morgan fingerprint density at radius 3 is 2.53 bits per heavy atom. The van der Waals surface area contributed by atoms with Crippen molar-refractivity contribution in [1.29, 1.82) is 0 Å². The van der Waals surface area contributed by atoms with E-state index in [4.69, 9.17) is 4.98 Å². The summed E-state index contributed by atoms with van der Waals surface area (Å²) in [6.07, 6.45) is 4.48. The summed E-state index contributed by atoms with van der Waals surface area (Å²) in [5.74, 6) is -0.329. The van der Waals surface area contributed by atoms with E-state index in [1.807, 2.05) is 72.9 Å². The number of aromatic nitrogens is 4. The van der Waals surface area contributed by atoms with E-state index in [0.717, 1.165) is 59.9 Å². The zero-order chi connectivity index (χ0) is 29.6. The molecule has 0 fully saturated rings. The average molecular weight is 590 g/mol. The molecule has 0 saturated carbocycles. The monoisotopic (exact) mass is 589 g/mol. The Morgan fingerprint density at radius 1 is 0.930 bits per heavy atom. The lowest BCUT2D eigenvalue weighted by atomic mass is 10.1. The highest BCUT2D eigenvalue weighted by atomic mass is 32.1. The van der Waals surface area contributed by atoms with Crippen LogP contribution < -0.4 is 5.32 Å². The third-order valence-corrected chi connectivity index (χ3v) is 8.12. The summed E-state index contributed by atoms with van der Waals surface area (Å²) in [7, 11) is 2.09. The molecule has 1 amide bonds. The second-order valence-electron chi connectivity index (χ2n) is 10.4. The van der Waals surface area contributed by atoms with Crippen molar-refractivity contribution in [2.45, 2.75) is 13.1 Å². The number of para-hydroxylation sites is 3. The van der Waals surface area contributed by atoms with Gasteiger partial charge in [0.15, 0.2) is 4.96 Å². The molecule has 0 spiro atoms. The van der Waals surface area contributed by atoms with E-state index in [-0.39, 0.29) is 11.6 Å². The lowest BCUT2D eigenvalue weighted by Crippen LogP contribution is -2.34. The first kappa shape index (κ1) is 28.4. The van der Waals surface area contributed by atoms with Crippen LogP contribution in [0, 0.1) is 0 Å². The number of thiazole rings is 1. The first-order chi connectivity index (χ1) is 21.1. The number of aldehydes is 1. The SMILES string of the molecule is CN(CCN(CC=O)Cc1ccccc1)Cc1csc2nc(-c3ccccc3NC(=O)c3cnc4ccccc4n3)cn12. The second-order valence-corrected chi connectivity index (χ2v) is 11.2. The van der Waals surface area contributed by atoms with Gasteiger partial charge in [0.2, 0.25) is 0 Å². The van der Waals surface area contributed by atoms with Gasteiger partial charge in [-0.3, -0.25) is 24.0 Å². The van der Waals surface area contributed by atoms with Crippen molar-refractivity contribution >= 4 is 45.2 Å². The maximum absolute atomic E-state index is 13.1. The van der Waals surface area contributed by atoms with Crippen molar-refractivity contribution in [1.82, 2.24) is 29.2 Å². The summed E-state index contributed by atoms with van der Waals surface area (Å²) in [5, 5.41) is 5.13. The van der Waals surface area contributed by atoms with Crippen LogP contribution in [0.2, 0.25) is 0 Å². The third-order valence-electron chi connectivity index (χ3n) is 7.23. The van der Waals surface area contributed by atoms with Crippen molar-refractivity contribution in [3.8, 4) is 11.3 Å². The van der Waals surface area contributed by atoms with Gasteiger partial charge in [-0.25, -0.2) is 9.97 Å². The van der Waals surface area contributed by atoms with E-state index in [9.17, 15) is 9.59 Å². The zero-order valence-electron chi connectivity index (χ0n) is 23.8. The van der Waals surface area contributed by atoms with E-state index in [1.54, 1.807) is 11.3 Å². The largest absolute Gasteiger partial charge is 0.320 e. The topological polar surface area (TPSA) is 95.7 Å². The maximum atomic E-state index is 13.1. The van der Waals surface area contributed by atoms with Gasteiger partial charge in [-0.05, 0) is 30.8 Å².